The van der Waals surface area contributed by atoms with Crippen molar-refractivity contribution in [2.45, 2.75) is 38.8 Å². The fraction of sp³-hybridized carbons (Fsp3) is 0.545. The Bertz CT molecular complexity index is 345. The lowest BCUT2D eigenvalue weighted by atomic mass is 9.86. The first-order valence-corrected chi connectivity index (χ1v) is 4.85. The number of rotatable bonds is 3. The maximum atomic E-state index is 12.8. The Morgan fingerprint density at radius 1 is 1.27 bits per heavy atom. The molecular weight excluding hydrogens is 195 g/mol. The van der Waals surface area contributed by atoms with E-state index in [2.05, 4.69) is 10.3 Å². The standard InChI is InChI=1S/C11H17FN2O/c1-10(2,11(3,4)15)14-9-7-5-6-8(12)13-9/h5-7,15H,1-4H3,(H,13,14). The van der Waals surface area contributed by atoms with Crippen LogP contribution in [0.4, 0.5) is 10.2 Å². The summed E-state index contributed by atoms with van der Waals surface area (Å²) in [6.45, 7) is 7.05. The second kappa shape index (κ2) is 3.77. The number of halogens is 1. The summed E-state index contributed by atoms with van der Waals surface area (Å²) >= 11 is 0. The van der Waals surface area contributed by atoms with E-state index in [-0.39, 0.29) is 0 Å². The van der Waals surface area contributed by atoms with Crippen LogP contribution in [0.15, 0.2) is 18.2 Å². The van der Waals surface area contributed by atoms with Gasteiger partial charge in [0.1, 0.15) is 5.82 Å². The van der Waals surface area contributed by atoms with Crippen LogP contribution in [0.3, 0.4) is 0 Å². The Morgan fingerprint density at radius 3 is 2.33 bits per heavy atom. The predicted octanol–water partition coefficient (Wildman–Crippen LogP) is 2.18. The van der Waals surface area contributed by atoms with Crippen molar-refractivity contribution in [1.82, 2.24) is 4.98 Å². The van der Waals surface area contributed by atoms with E-state index in [1.165, 1.54) is 6.07 Å². The lowest BCUT2D eigenvalue weighted by Crippen LogP contribution is -2.51. The molecule has 1 aromatic rings. The maximum absolute atomic E-state index is 12.8. The highest BCUT2D eigenvalue weighted by atomic mass is 19.1. The van der Waals surface area contributed by atoms with E-state index in [1.807, 2.05) is 13.8 Å². The number of aliphatic hydroxyl groups is 1. The van der Waals surface area contributed by atoms with Crippen molar-refractivity contribution in [3.63, 3.8) is 0 Å². The van der Waals surface area contributed by atoms with Gasteiger partial charge in [-0.2, -0.15) is 4.39 Å². The third kappa shape index (κ3) is 2.89. The van der Waals surface area contributed by atoms with E-state index in [0.717, 1.165) is 0 Å². The summed E-state index contributed by atoms with van der Waals surface area (Å²) in [6, 6.07) is 4.52. The summed E-state index contributed by atoms with van der Waals surface area (Å²) in [5.41, 5.74) is -1.52. The Labute approximate surface area is 89.4 Å². The summed E-state index contributed by atoms with van der Waals surface area (Å²) < 4.78 is 12.8. The SMILES string of the molecule is CC(C)(O)C(C)(C)Nc1cccc(F)n1. The van der Waals surface area contributed by atoms with Crippen LogP contribution in [0.2, 0.25) is 0 Å². The Hall–Kier alpha value is -1.16. The first kappa shape index (κ1) is 11.9. The highest BCUT2D eigenvalue weighted by molar-refractivity contribution is 5.37. The number of anilines is 1. The van der Waals surface area contributed by atoms with E-state index >= 15 is 0 Å². The van der Waals surface area contributed by atoms with Gasteiger partial charge in [-0.05, 0) is 39.8 Å². The van der Waals surface area contributed by atoms with Crippen LogP contribution >= 0.6 is 0 Å². The molecule has 15 heavy (non-hydrogen) atoms. The van der Waals surface area contributed by atoms with E-state index in [9.17, 15) is 9.50 Å². The molecule has 0 saturated heterocycles. The molecule has 4 heteroatoms. The van der Waals surface area contributed by atoms with Gasteiger partial charge >= 0.3 is 0 Å². The van der Waals surface area contributed by atoms with Crippen molar-refractivity contribution < 1.29 is 9.50 Å². The molecule has 84 valence electrons. The van der Waals surface area contributed by atoms with E-state index in [4.69, 9.17) is 0 Å². The van der Waals surface area contributed by atoms with Gasteiger partial charge in [-0.1, -0.05) is 6.07 Å². The molecule has 1 heterocycles. The zero-order chi connectivity index (χ0) is 11.7. The molecule has 0 aliphatic rings. The molecule has 0 atom stereocenters. The minimum atomic E-state index is -0.930. The lowest BCUT2D eigenvalue weighted by molar-refractivity contribution is 0.0238. The van der Waals surface area contributed by atoms with Crippen molar-refractivity contribution in [2.24, 2.45) is 0 Å². The largest absolute Gasteiger partial charge is 0.388 e. The monoisotopic (exact) mass is 212 g/mol. The average Bonchev–Trinajstić information content (AvgIpc) is 2.00. The first-order chi connectivity index (χ1) is 6.72. The Morgan fingerprint density at radius 2 is 1.87 bits per heavy atom. The number of nitrogens with one attached hydrogen (secondary N) is 1. The number of hydrogen-bond donors (Lipinski definition) is 2. The quantitative estimate of drug-likeness (QED) is 0.755. The van der Waals surface area contributed by atoms with Crippen molar-refractivity contribution >= 4 is 5.82 Å². The molecule has 0 bridgehead atoms. The minimum Gasteiger partial charge on any atom is -0.388 e. The lowest BCUT2D eigenvalue weighted by Gasteiger charge is -2.38. The van der Waals surface area contributed by atoms with Gasteiger partial charge in [0.2, 0.25) is 5.95 Å². The van der Waals surface area contributed by atoms with Gasteiger partial charge < -0.3 is 10.4 Å². The average molecular weight is 212 g/mol. The van der Waals surface area contributed by atoms with Crippen molar-refractivity contribution in [3.8, 4) is 0 Å². The minimum absolute atomic E-state index is 0.419. The van der Waals surface area contributed by atoms with Crippen LogP contribution in [0, 0.1) is 5.95 Å². The van der Waals surface area contributed by atoms with Crippen LogP contribution in [-0.4, -0.2) is 21.2 Å². The smallest absolute Gasteiger partial charge is 0.214 e. The third-order valence-corrected chi connectivity index (χ3v) is 2.69. The summed E-state index contributed by atoms with van der Waals surface area (Å²) in [4.78, 5) is 3.68. The zero-order valence-electron chi connectivity index (χ0n) is 9.50. The Balaban J connectivity index is 2.87. The van der Waals surface area contributed by atoms with Gasteiger partial charge in [-0.15, -0.1) is 0 Å². The maximum Gasteiger partial charge on any atom is 0.214 e. The fourth-order valence-electron chi connectivity index (χ4n) is 0.951. The van der Waals surface area contributed by atoms with Gasteiger partial charge in [0.05, 0.1) is 11.1 Å². The number of pyridine rings is 1. The Kier molecular flexibility index (Phi) is 3.00. The molecule has 2 N–H and O–H groups in total. The van der Waals surface area contributed by atoms with Gasteiger partial charge in [0.15, 0.2) is 0 Å². The molecule has 0 aromatic carbocycles. The summed E-state index contributed by atoms with van der Waals surface area (Å²) in [5.74, 6) is -0.117. The topological polar surface area (TPSA) is 45.1 Å². The molecule has 0 aliphatic heterocycles. The van der Waals surface area contributed by atoms with Crippen LogP contribution in [0.1, 0.15) is 27.7 Å². The third-order valence-electron chi connectivity index (χ3n) is 2.69. The summed E-state index contributed by atoms with van der Waals surface area (Å²) in [7, 11) is 0. The molecule has 3 nitrogen and oxygen atoms in total. The highest BCUT2D eigenvalue weighted by Gasteiger charge is 2.35. The van der Waals surface area contributed by atoms with Gasteiger partial charge in [-0.3, -0.25) is 0 Å². The molecule has 0 aliphatic carbocycles. The van der Waals surface area contributed by atoms with Gasteiger partial charge in [0, 0.05) is 0 Å². The number of nitrogens with zero attached hydrogens (tertiary/aromatic N) is 1. The summed E-state index contributed by atoms with van der Waals surface area (Å²) in [5, 5.41) is 12.9. The molecule has 0 amide bonds. The number of hydrogen-bond acceptors (Lipinski definition) is 3. The van der Waals surface area contributed by atoms with Crippen LogP contribution in [-0.2, 0) is 0 Å². The second-order valence-electron chi connectivity index (χ2n) is 4.65. The predicted molar refractivity (Wildman–Crippen MR) is 58.2 cm³/mol. The van der Waals surface area contributed by atoms with Crippen molar-refractivity contribution in [3.05, 3.63) is 24.1 Å². The molecule has 0 fully saturated rings. The van der Waals surface area contributed by atoms with Crippen LogP contribution < -0.4 is 5.32 Å². The van der Waals surface area contributed by atoms with Crippen molar-refractivity contribution in [1.29, 1.82) is 0 Å². The molecule has 0 spiro atoms. The normalized spacial score (nSPS) is 12.7. The van der Waals surface area contributed by atoms with Crippen LogP contribution in [0.25, 0.3) is 0 Å². The van der Waals surface area contributed by atoms with E-state index in [1.54, 1.807) is 26.0 Å². The van der Waals surface area contributed by atoms with Gasteiger partial charge in [-0.25, -0.2) is 4.98 Å². The fourth-order valence-corrected chi connectivity index (χ4v) is 0.951. The second-order valence-corrected chi connectivity index (χ2v) is 4.65. The molecule has 0 radical (unpaired) electrons. The number of aromatic nitrogens is 1. The highest BCUT2D eigenvalue weighted by Crippen LogP contribution is 2.24. The molecule has 0 unspecified atom stereocenters. The van der Waals surface area contributed by atoms with E-state index in [0.29, 0.717) is 5.82 Å². The van der Waals surface area contributed by atoms with Crippen molar-refractivity contribution in [2.75, 3.05) is 5.32 Å². The molecule has 1 aromatic heterocycles. The van der Waals surface area contributed by atoms with Crippen LogP contribution in [0.5, 0.6) is 0 Å². The molecular formula is C11H17FN2O. The summed E-state index contributed by atoms with van der Waals surface area (Å²) in [6.07, 6.45) is 0. The zero-order valence-corrected chi connectivity index (χ0v) is 9.50. The van der Waals surface area contributed by atoms with E-state index < -0.39 is 17.1 Å². The molecule has 1 rings (SSSR count). The first-order valence-electron chi connectivity index (χ1n) is 4.85. The molecule has 0 saturated carbocycles. The van der Waals surface area contributed by atoms with Gasteiger partial charge in [0.25, 0.3) is 0 Å².